The summed E-state index contributed by atoms with van der Waals surface area (Å²) in [5.41, 5.74) is 9.00. The first kappa shape index (κ1) is 14.6. The molecule has 20 heavy (non-hydrogen) atoms. The van der Waals surface area contributed by atoms with Crippen molar-refractivity contribution in [2.75, 3.05) is 13.1 Å². The fourth-order valence-electron chi connectivity index (χ4n) is 3.90. The summed E-state index contributed by atoms with van der Waals surface area (Å²) in [4.78, 5) is 2.62. The van der Waals surface area contributed by atoms with Gasteiger partial charge in [0, 0.05) is 17.6 Å². The van der Waals surface area contributed by atoms with E-state index < -0.39 is 0 Å². The molecule has 0 bridgehead atoms. The minimum absolute atomic E-state index is 0.616. The van der Waals surface area contributed by atoms with Crippen molar-refractivity contribution in [1.29, 1.82) is 0 Å². The summed E-state index contributed by atoms with van der Waals surface area (Å²) < 4.78 is 1.21. The van der Waals surface area contributed by atoms with E-state index >= 15 is 0 Å². The number of hydrogen-bond acceptors (Lipinski definition) is 2. The van der Waals surface area contributed by atoms with Crippen molar-refractivity contribution < 1.29 is 0 Å². The second-order valence-electron chi connectivity index (χ2n) is 6.61. The van der Waals surface area contributed by atoms with Crippen LogP contribution in [0.25, 0.3) is 0 Å². The van der Waals surface area contributed by atoms with Gasteiger partial charge in [0.25, 0.3) is 0 Å². The first-order chi connectivity index (χ1) is 9.71. The van der Waals surface area contributed by atoms with E-state index in [2.05, 4.69) is 39.0 Å². The van der Waals surface area contributed by atoms with Gasteiger partial charge in [-0.3, -0.25) is 4.90 Å². The Morgan fingerprint density at radius 1 is 1.10 bits per heavy atom. The molecule has 1 aromatic carbocycles. The summed E-state index contributed by atoms with van der Waals surface area (Å²) in [6.45, 7) is 4.22. The fraction of sp³-hybridized carbons (Fsp3) is 0.647. The lowest BCUT2D eigenvalue weighted by molar-refractivity contribution is 0.103. The second kappa shape index (κ2) is 6.17. The zero-order chi connectivity index (χ0) is 14.0. The quantitative estimate of drug-likeness (QED) is 0.901. The highest BCUT2D eigenvalue weighted by atomic mass is 79.9. The molecule has 2 aliphatic rings. The number of nitrogens with zero attached hydrogens (tertiary/aromatic N) is 1. The lowest BCUT2D eigenvalue weighted by Gasteiger charge is -2.39. The van der Waals surface area contributed by atoms with Crippen LogP contribution in [0.3, 0.4) is 0 Å². The Morgan fingerprint density at radius 2 is 1.80 bits per heavy atom. The number of rotatable bonds is 3. The molecular weight excluding hydrogens is 312 g/mol. The van der Waals surface area contributed by atoms with Crippen LogP contribution in [0.4, 0.5) is 0 Å². The van der Waals surface area contributed by atoms with Gasteiger partial charge in [0.1, 0.15) is 0 Å². The standard InChI is InChI=1S/C17H25BrN2/c18-16-11-14(12-19)3-4-15(16)13-20-9-7-17(8-10-20)5-1-2-6-17/h3-4,11H,1-2,5-10,12-13,19H2. The Bertz CT molecular complexity index is 456. The van der Waals surface area contributed by atoms with Crippen LogP contribution in [0.2, 0.25) is 0 Å². The molecule has 1 saturated carbocycles. The van der Waals surface area contributed by atoms with Crippen molar-refractivity contribution in [1.82, 2.24) is 4.90 Å². The van der Waals surface area contributed by atoms with Gasteiger partial charge in [0.05, 0.1) is 0 Å². The van der Waals surface area contributed by atoms with Gasteiger partial charge in [-0.2, -0.15) is 0 Å². The SMILES string of the molecule is NCc1ccc(CN2CCC3(CCCC3)CC2)c(Br)c1. The summed E-state index contributed by atoms with van der Waals surface area (Å²) >= 11 is 3.69. The summed E-state index contributed by atoms with van der Waals surface area (Å²) in [7, 11) is 0. The number of likely N-dealkylation sites (tertiary alicyclic amines) is 1. The smallest absolute Gasteiger partial charge is 0.0244 e. The fourth-order valence-corrected chi connectivity index (χ4v) is 4.45. The van der Waals surface area contributed by atoms with Crippen LogP contribution in [-0.2, 0) is 13.1 Å². The molecule has 2 N–H and O–H groups in total. The second-order valence-corrected chi connectivity index (χ2v) is 7.47. The summed E-state index contributed by atoms with van der Waals surface area (Å²) in [6, 6.07) is 6.55. The van der Waals surface area contributed by atoms with Crippen molar-refractivity contribution in [2.24, 2.45) is 11.1 Å². The van der Waals surface area contributed by atoms with Gasteiger partial charge >= 0.3 is 0 Å². The van der Waals surface area contributed by atoms with Gasteiger partial charge < -0.3 is 5.73 Å². The lowest BCUT2D eigenvalue weighted by atomic mass is 9.77. The largest absolute Gasteiger partial charge is 0.326 e. The molecule has 0 amide bonds. The number of hydrogen-bond donors (Lipinski definition) is 1. The minimum Gasteiger partial charge on any atom is -0.326 e. The van der Waals surface area contributed by atoms with Gasteiger partial charge in [-0.05, 0) is 61.4 Å². The van der Waals surface area contributed by atoms with Crippen molar-refractivity contribution in [2.45, 2.75) is 51.6 Å². The average Bonchev–Trinajstić information content (AvgIpc) is 2.92. The highest BCUT2D eigenvalue weighted by molar-refractivity contribution is 9.10. The van der Waals surface area contributed by atoms with E-state index in [1.165, 1.54) is 67.2 Å². The van der Waals surface area contributed by atoms with Crippen LogP contribution in [0, 0.1) is 5.41 Å². The first-order valence-electron chi connectivity index (χ1n) is 7.91. The number of benzene rings is 1. The predicted molar refractivity (Wildman–Crippen MR) is 87.4 cm³/mol. The van der Waals surface area contributed by atoms with Gasteiger partial charge in [-0.15, -0.1) is 0 Å². The molecule has 1 aliphatic heterocycles. The van der Waals surface area contributed by atoms with E-state index in [1.807, 2.05) is 0 Å². The van der Waals surface area contributed by atoms with Crippen LogP contribution in [0.15, 0.2) is 22.7 Å². The molecule has 110 valence electrons. The maximum atomic E-state index is 5.69. The third kappa shape index (κ3) is 3.10. The lowest BCUT2D eigenvalue weighted by Crippen LogP contribution is -2.38. The van der Waals surface area contributed by atoms with E-state index in [0.717, 1.165) is 12.0 Å². The Kier molecular flexibility index (Phi) is 4.49. The minimum atomic E-state index is 0.616. The highest BCUT2D eigenvalue weighted by Crippen LogP contribution is 2.46. The maximum absolute atomic E-state index is 5.69. The molecule has 1 saturated heterocycles. The van der Waals surface area contributed by atoms with E-state index in [1.54, 1.807) is 0 Å². The highest BCUT2D eigenvalue weighted by Gasteiger charge is 2.36. The molecule has 3 rings (SSSR count). The Labute approximate surface area is 130 Å². The average molecular weight is 337 g/mol. The van der Waals surface area contributed by atoms with Crippen LogP contribution < -0.4 is 5.73 Å². The zero-order valence-electron chi connectivity index (χ0n) is 12.2. The molecule has 0 unspecified atom stereocenters. The topological polar surface area (TPSA) is 29.3 Å². The molecule has 1 aromatic rings. The van der Waals surface area contributed by atoms with Crippen molar-refractivity contribution >= 4 is 15.9 Å². The molecule has 2 nitrogen and oxygen atoms in total. The number of nitrogens with two attached hydrogens (primary N) is 1. The summed E-state index contributed by atoms with van der Waals surface area (Å²) in [6.07, 6.45) is 8.71. The van der Waals surface area contributed by atoms with Crippen LogP contribution >= 0.6 is 15.9 Å². The third-order valence-corrected chi connectivity index (χ3v) is 6.07. The molecule has 1 aliphatic carbocycles. The zero-order valence-corrected chi connectivity index (χ0v) is 13.8. The van der Waals surface area contributed by atoms with E-state index in [9.17, 15) is 0 Å². The summed E-state index contributed by atoms with van der Waals surface area (Å²) in [5.74, 6) is 0. The van der Waals surface area contributed by atoms with Gasteiger partial charge in [0.15, 0.2) is 0 Å². The van der Waals surface area contributed by atoms with Crippen molar-refractivity contribution in [3.63, 3.8) is 0 Å². The van der Waals surface area contributed by atoms with Crippen molar-refractivity contribution in [3.05, 3.63) is 33.8 Å². The maximum Gasteiger partial charge on any atom is 0.0244 e. The predicted octanol–water partition coefficient (Wildman–Crippen LogP) is 4.06. The van der Waals surface area contributed by atoms with Crippen LogP contribution in [0.5, 0.6) is 0 Å². The van der Waals surface area contributed by atoms with Crippen LogP contribution in [0.1, 0.15) is 49.7 Å². The Morgan fingerprint density at radius 3 is 2.40 bits per heavy atom. The molecule has 1 spiro atoms. The van der Waals surface area contributed by atoms with E-state index in [4.69, 9.17) is 5.73 Å². The molecular formula is C17H25BrN2. The number of piperidine rings is 1. The molecule has 1 heterocycles. The molecule has 0 radical (unpaired) electrons. The molecule has 0 atom stereocenters. The van der Waals surface area contributed by atoms with E-state index in [-0.39, 0.29) is 0 Å². The monoisotopic (exact) mass is 336 g/mol. The third-order valence-electron chi connectivity index (χ3n) is 5.33. The van der Waals surface area contributed by atoms with Crippen molar-refractivity contribution in [3.8, 4) is 0 Å². The summed E-state index contributed by atoms with van der Waals surface area (Å²) in [5, 5.41) is 0. The van der Waals surface area contributed by atoms with Crippen LogP contribution in [-0.4, -0.2) is 18.0 Å². The van der Waals surface area contributed by atoms with Gasteiger partial charge in [-0.1, -0.05) is 40.9 Å². The first-order valence-corrected chi connectivity index (χ1v) is 8.70. The Hall–Kier alpha value is -0.380. The number of halogens is 1. The van der Waals surface area contributed by atoms with Gasteiger partial charge in [-0.25, -0.2) is 0 Å². The molecule has 2 fully saturated rings. The van der Waals surface area contributed by atoms with Gasteiger partial charge in [0.2, 0.25) is 0 Å². The molecule has 3 heteroatoms. The Balaban J connectivity index is 1.59. The molecule has 0 aromatic heterocycles. The van der Waals surface area contributed by atoms with E-state index in [0.29, 0.717) is 6.54 Å². The normalized spacial score (nSPS) is 22.5.